The Balaban J connectivity index is 2.14. The minimum atomic E-state index is 0.450. The molecule has 0 heterocycles. The van der Waals surface area contributed by atoms with Gasteiger partial charge in [0.2, 0.25) is 0 Å². The first-order valence-corrected chi connectivity index (χ1v) is 7.66. The Morgan fingerprint density at radius 2 is 2.28 bits per heavy atom. The summed E-state index contributed by atoms with van der Waals surface area (Å²) in [5.41, 5.74) is 7.75. The lowest BCUT2D eigenvalue weighted by Crippen LogP contribution is -2.22. The molecule has 0 bridgehead atoms. The number of thiocarbonyl (C=S) groups is 1. The molecular weight excluding hydrogens is 308 g/mol. The molecule has 3 N–H and O–H groups in total. The van der Waals surface area contributed by atoms with Crippen molar-refractivity contribution in [1.82, 2.24) is 0 Å². The second kappa shape index (κ2) is 6.02. The Morgan fingerprint density at radius 1 is 1.56 bits per heavy atom. The lowest BCUT2D eigenvalue weighted by Gasteiger charge is -2.20. The molecule has 1 aliphatic rings. The summed E-state index contributed by atoms with van der Waals surface area (Å²) in [6, 6.07) is 6.52. The minimum absolute atomic E-state index is 0.450. The molecule has 1 atom stereocenters. The first kappa shape index (κ1) is 13.8. The Morgan fingerprint density at radius 3 is 2.83 bits per heavy atom. The molecule has 98 valence electrons. The van der Waals surface area contributed by atoms with Gasteiger partial charge in [-0.15, -0.1) is 0 Å². The maximum Gasteiger partial charge on any atom is 0.106 e. The topological polar surface area (TPSA) is 38.0 Å². The highest BCUT2D eigenvalue weighted by Gasteiger charge is 2.25. The smallest absolute Gasteiger partial charge is 0.106 e. The fourth-order valence-electron chi connectivity index (χ4n) is 2.15. The van der Waals surface area contributed by atoms with E-state index >= 15 is 0 Å². The van der Waals surface area contributed by atoms with Crippen molar-refractivity contribution in [2.45, 2.75) is 38.6 Å². The lowest BCUT2D eigenvalue weighted by molar-refractivity contribution is 0.587. The van der Waals surface area contributed by atoms with Crippen LogP contribution >= 0.6 is 28.1 Å². The van der Waals surface area contributed by atoms with Gasteiger partial charge >= 0.3 is 0 Å². The van der Waals surface area contributed by atoms with E-state index < -0.39 is 0 Å². The third-order valence-electron chi connectivity index (χ3n) is 3.41. The number of halogens is 1. The molecule has 1 aliphatic carbocycles. The van der Waals surface area contributed by atoms with Crippen LogP contribution in [0.5, 0.6) is 0 Å². The van der Waals surface area contributed by atoms with Gasteiger partial charge in [-0.25, -0.2) is 0 Å². The Labute approximate surface area is 122 Å². The van der Waals surface area contributed by atoms with Crippen molar-refractivity contribution in [2.24, 2.45) is 11.7 Å². The average Bonchev–Trinajstić information content (AvgIpc) is 3.11. The molecular formula is C14H19BrN2S. The van der Waals surface area contributed by atoms with Gasteiger partial charge in [-0.3, -0.25) is 0 Å². The molecule has 18 heavy (non-hydrogen) atoms. The number of rotatable bonds is 6. The summed E-state index contributed by atoms with van der Waals surface area (Å²) in [4.78, 5) is 0.450. The van der Waals surface area contributed by atoms with E-state index in [2.05, 4.69) is 34.2 Å². The standard InChI is InChI=1S/C14H19BrN2S/c1-2-11(7-9-3-4-9)17-13-8-10(15)5-6-12(13)14(16)18/h5-6,8-9,11,17H,2-4,7H2,1H3,(H2,16,18). The number of hydrogen-bond acceptors (Lipinski definition) is 2. The van der Waals surface area contributed by atoms with Crippen molar-refractivity contribution in [3.8, 4) is 0 Å². The van der Waals surface area contributed by atoms with Crippen molar-refractivity contribution in [3.05, 3.63) is 28.2 Å². The first-order valence-electron chi connectivity index (χ1n) is 6.46. The van der Waals surface area contributed by atoms with Gasteiger partial charge in [0.25, 0.3) is 0 Å². The normalized spacial score (nSPS) is 16.3. The second-order valence-electron chi connectivity index (χ2n) is 4.98. The lowest BCUT2D eigenvalue weighted by atomic mass is 10.1. The van der Waals surface area contributed by atoms with Crippen LogP contribution in [-0.4, -0.2) is 11.0 Å². The van der Waals surface area contributed by atoms with Crippen LogP contribution in [0.3, 0.4) is 0 Å². The predicted molar refractivity (Wildman–Crippen MR) is 85.1 cm³/mol. The zero-order valence-corrected chi connectivity index (χ0v) is 13.0. The summed E-state index contributed by atoms with van der Waals surface area (Å²) < 4.78 is 1.05. The molecule has 1 aromatic rings. The quantitative estimate of drug-likeness (QED) is 0.774. The predicted octanol–water partition coefficient (Wildman–Crippen LogP) is 4.07. The number of nitrogens with one attached hydrogen (secondary N) is 1. The molecule has 2 rings (SSSR count). The summed E-state index contributed by atoms with van der Waals surface area (Å²) >= 11 is 8.60. The average molecular weight is 327 g/mol. The fraction of sp³-hybridized carbons (Fsp3) is 0.500. The maximum absolute atomic E-state index is 5.77. The van der Waals surface area contributed by atoms with Crippen LogP contribution in [0.1, 0.15) is 38.2 Å². The fourth-order valence-corrected chi connectivity index (χ4v) is 2.69. The molecule has 0 amide bonds. The number of hydrogen-bond donors (Lipinski definition) is 2. The van der Waals surface area contributed by atoms with E-state index in [1.54, 1.807) is 0 Å². The van der Waals surface area contributed by atoms with Crippen LogP contribution in [0.25, 0.3) is 0 Å². The molecule has 0 saturated heterocycles. The SMILES string of the molecule is CCC(CC1CC1)Nc1cc(Br)ccc1C(N)=S. The van der Waals surface area contributed by atoms with Crippen LogP contribution in [-0.2, 0) is 0 Å². The largest absolute Gasteiger partial charge is 0.389 e. The van der Waals surface area contributed by atoms with E-state index in [0.717, 1.165) is 28.1 Å². The number of nitrogens with two attached hydrogens (primary N) is 1. The van der Waals surface area contributed by atoms with E-state index in [0.29, 0.717) is 11.0 Å². The van der Waals surface area contributed by atoms with E-state index in [1.807, 2.05) is 12.1 Å². The zero-order chi connectivity index (χ0) is 13.1. The summed E-state index contributed by atoms with van der Waals surface area (Å²) in [6.45, 7) is 2.22. The molecule has 4 heteroatoms. The van der Waals surface area contributed by atoms with Gasteiger partial charge in [0.05, 0.1) is 0 Å². The van der Waals surface area contributed by atoms with Crippen LogP contribution in [0, 0.1) is 5.92 Å². The van der Waals surface area contributed by atoms with Gasteiger partial charge in [-0.2, -0.15) is 0 Å². The van der Waals surface area contributed by atoms with Crippen molar-refractivity contribution >= 4 is 38.8 Å². The molecule has 0 spiro atoms. The van der Waals surface area contributed by atoms with Gasteiger partial charge in [0.15, 0.2) is 0 Å². The summed E-state index contributed by atoms with van der Waals surface area (Å²) in [7, 11) is 0. The van der Waals surface area contributed by atoms with E-state index in [1.165, 1.54) is 19.3 Å². The Hall–Kier alpha value is -0.610. The Kier molecular flexibility index (Phi) is 4.62. The van der Waals surface area contributed by atoms with E-state index in [4.69, 9.17) is 18.0 Å². The highest BCUT2D eigenvalue weighted by atomic mass is 79.9. The third kappa shape index (κ3) is 3.69. The van der Waals surface area contributed by atoms with Crippen LogP contribution < -0.4 is 11.1 Å². The van der Waals surface area contributed by atoms with Gasteiger partial charge in [-0.1, -0.05) is 47.9 Å². The third-order valence-corrected chi connectivity index (χ3v) is 4.13. The van der Waals surface area contributed by atoms with E-state index in [-0.39, 0.29) is 0 Å². The van der Waals surface area contributed by atoms with Crippen molar-refractivity contribution in [1.29, 1.82) is 0 Å². The molecule has 0 aliphatic heterocycles. The molecule has 0 aromatic heterocycles. The Bertz CT molecular complexity index is 443. The van der Waals surface area contributed by atoms with Gasteiger partial charge in [0, 0.05) is 21.8 Å². The van der Waals surface area contributed by atoms with Crippen LogP contribution in [0.2, 0.25) is 0 Å². The molecule has 1 fully saturated rings. The second-order valence-corrected chi connectivity index (χ2v) is 6.34. The van der Waals surface area contributed by atoms with Crippen molar-refractivity contribution < 1.29 is 0 Å². The number of benzene rings is 1. The minimum Gasteiger partial charge on any atom is -0.389 e. The maximum atomic E-state index is 5.77. The molecule has 0 radical (unpaired) electrons. The summed E-state index contributed by atoms with van der Waals surface area (Å²) in [5.74, 6) is 0.919. The molecule has 1 aromatic carbocycles. The van der Waals surface area contributed by atoms with E-state index in [9.17, 15) is 0 Å². The molecule has 1 saturated carbocycles. The van der Waals surface area contributed by atoms with Crippen molar-refractivity contribution in [2.75, 3.05) is 5.32 Å². The highest BCUT2D eigenvalue weighted by Crippen LogP contribution is 2.35. The summed E-state index contributed by atoms with van der Waals surface area (Å²) in [5, 5.41) is 3.59. The zero-order valence-electron chi connectivity index (χ0n) is 10.6. The van der Waals surface area contributed by atoms with Crippen LogP contribution in [0.4, 0.5) is 5.69 Å². The van der Waals surface area contributed by atoms with Crippen LogP contribution in [0.15, 0.2) is 22.7 Å². The van der Waals surface area contributed by atoms with Gasteiger partial charge < -0.3 is 11.1 Å². The van der Waals surface area contributed by atoms with Gasteiger partial charge in [-0.05, 0) is 37.0 Å². The first-order chi connectivity index (χ1) is 8.60. The van der Waals surface area contributed by atoms with Crippen molar-refractivity contribution in [3.63, 3.8) is 0 Å². The highest BCUT2D eigenvalue weighted by molar-refractivity contribution is 9.10. The summed E-state index contributed by atoms with van der Waals surface area (Å²) in [6.07, 6.45) is 5.15. The monoisotopic (exact) mass is 326 g/mol. The van der Waals surface area contributed by atoms with Gasteiger partial charge in [0.1, 0.15) is 4.99 Å². The number of anilines is 1. The molecule has 1 unspecified atom stereocenters. The molecule has 2 nitrogen and oxygen atoms in total.